The molecule has 2 N–H and O–H groups in total. The molecule has 2 aromatic carbocycles. The molecule has 0 aliphatic heterocycles. The molecule has 1 aliphatic rings. The van der Waals surface area contributed by atoms with E-state index >= 15 is 0 Å². The normalized spacial score (nSPS) is 14.7. The van der Waals surface area contributed by atoms with Gasteiger partial charge in [0.1, 0.15) is 17.8 Å². The summed E-state index contributed by atoms with van der Waals surface area (Å²) in [5.41, 5.74) is 0.812. The van der Waals surface area contributed by atoms with Gasteiger partial charge in [-0.2, -0.15) is 29.0 Å². The number of rotatable bonds is 7. The van der Waals surface area contributed by atoms with Crippen molar-refractivity contribution in [2.75, 3.05) is 17.2 Å². The number of hydrogen-bond donors (Lipinski definition) is 2. The number of anilines is 2. The van der Waals surface area contributed by atoms with E-state index in [9.17, 15) is 29.0 Å². The second-order valence-electron chi connectivity index (χ2n) is 12.5. The Bertz CT molecular complexity index is 2120. The number of fused-ring (bicyclic) bond motifs is 2. The Balaban J connectivity index is 1.54. The van der Waals surface area contributed by atoms with E-state index in [0.717, 1.165) is 4.68 Å². The molecule has 1 atom stereocenters. The zero-order chi connectivity index (χ0) is 32.9. The summed E-state index contributed by atoms with van der Waals surface area (Å²) in [5.74, 6) is 0. The minimum atomic E-state index is -4.50. The first-order valence-electron chi connectivity index (χ1n) is 14.4. The number of nitriles is 3. The Labute approximate surface area is 262 Å². The van der Waals surface area contributed by atoms with Gasteiger partial charge in [0.25, 0.3) is 0 Å². The van der Waals surface area contributed by atoms with Crippen molar-refractivity contribution in [1.82, 2.24) is 25.0 Å². The van der Waals surface area contributed by atoms with Crippen LogP contribution < -0.4 is 10.6 Å². The topological polar surface area (TPSA) is 152 Å². The number of benzene rings is 2. The smallest absolute Gasteiger partial charge is 0.383 e. The van der Waals surface area contributed by atoms with Crippen LogP contribution in [0.4, 0.5) is 24.5 Å². The second-order valence-corrected chi connectivity index (χ2v) is 12.5. The van der Waals surface area contributed by atoms with Crippen molar-refractivity contribution in [2.24, 2.45) is 5.41 Å². The van der Waals surface area contributed by atoms with Gasteiger partial charge >= 0.3 is 6.18 Å². The summed E-state index contributed by atoms with van der Waals surface area (Å²) in [7, 11) is 0. The summed E-state index contributed by atoms with van der Waals surface area (Å²) >= 11 is 0. The Morgan fingerprint density at radius 3 is 2.33 bits per heavy atom. The van der Waals surface area contributed by atoms with Crippen molar-refractivity contribution in [3.63, 3.8) is 0 Å². The van der Waals surface area contributed by atoms with Crippen LogP contribution in [0.2, 0.25) is 0 Å². The van der Waals surface area contributed by atoms with Gasteiger partial charge in [-0.3, -0.25) is 9.97 Å². The van der Waals surface area contributed by atoms with Crippen LogP contribution in [0.15, 0.2) is 55.1 Å². The molecular weight excluding hydrogens is 593 g/mol. The molecule has 230 valence electrons. The lowest BCUT2D eigenvalue weighted by atomic mass is 9.94. The molecular formula is C33H27F3N10. The van der Waals surface area contributed by atoms with E-state index in [0.29, 0.717) is 56.3 Å². The summed E-state index contributed by atoms with van der Waals surface area (Å²) in [6.07, 6.45) is 1.13. The summed E-state index contributed by atoms with van der Waals surface area (Å²) in [6.45, 7) is 6.66. The van der Waals surface area contributed by atoms with Crippen molar-refractivity contribution in [3.8, 4) is 18.2 Å². The first-order valence-corrected chi connectivity index (χ1v) is 14.4. The number of hydrogen-bond acceptors (Lipinski definition) is 9. The van der Waals surface area contributed by atoms with Crippen LogP contribution in [0.25, 0.3) is 21.7 Å². The van der Waals surface area contributed by atoms with Gasteiger partial charge in [0.15, 0.2) is 5.54 Å². The summed E-state index contributed by atoms with van der Waals surface area (Å²) in [5, 5.41) is 46.3. The Morgan fingerprint density at radius 2 is 1.67 bits per heavy atom. The third kappa shape index (κ3) is 5.28. The number of nitrogens with zero attached hydrogens (tertiary/aromatic N) is 8. The molecule has 1 unspecified atom stereocenters. The maximum absolute atomic E-state index is 14.0. The van der Waals surface area contributed by atoms with Gasteiger partial charge in [0.05, 0.1) is 46.2 Å². The highest BCUT2D eigenvalue weighted by Gasteiger charge is 2.66. The molecule has 3 heterocycles. The van der Waals surface area contributed by atoms with Crippen LogP contribution in [0.3, 0.4) is 0 Å². The molecule has 0 bridgehead atoms. The third-order valence-electron chi connectivity index (χ3n) is 8.10. The highest BCUT2D eigenvalue weighted by Crippen LogP contribution is 2.55. The molecule has 1 fully saturated rings. The largest absolute Gasteiger partial charge is 0.413 e. The molecule has 1 saturated carbocycles. The molecule has 6 rings (SSSR count). The lowest BCUT2D eigenvalue weighted by molar-refractivity contribution is -0.182. The summed E-state index contributed by atoms with van der Waals surface area (Å²) < 4.78 is 42.9. The SMILES string of the molecule is CC(C)(C)CNc1c(C#N)cnc2c(C#N)cc(NC(c3cn(C4(C(F)(F)F)CC4)nn3)c3ccc(C#N)c4cnccc34)cc12. The van der Waals surface area contributed by atoms with Gasteiger partial charge in [-0.05, 0) is 53.5 Å². The summed E-state index contributed by atoms with van der Waals surface area (Å²) in [4.78, 5) is 8.57. The molecule has 5 aromatic rings. The predicted molar refractivity (Wildman–Crippen MR) is 164 cm³/mol. The summed E-state index contributed by atoms with van der Waals surface area (Å²) in [6, 6.07) is 14.0. The average molecular weight is 621 g/mol. The fraction of sp³-hybridized carbons (Fsp3) is 0.303. The van der Waals surface area contributed by atoms with Gasteiger partial charge in [-0.25, -0.2) is 4.68 Å². The van der Waals surface area contributed by atoms with Gasteiger partial charge in [0, 0.05) is 41.6 Å². The van der Waals surface area contributed by atoms with Crippen molar-refractivity contribution in [2.45, 2.75) is 51.4 Å². The van der Waals surface area contributed by atoms with Crippen LogP contribution in [-0.4, -0.2) is 37.7 Å². The Hall–Kier alpha value is -5.74. The standard InChI is InChI=1S/C33H27F3N10/c1-31(2,3)18-42-29-21(14-39)15-41-28-20(13-38)10-22(11-25(28)29)43-30(24-5-4-19(12-37)26-16-40-9-6-23(24)26)27-17-46(45-44-27)32(7-8-32)33(34,35)36/h4-6,9-11,15-17,30,43H,7-8,18H2,1-3H3,(H,41,42). The minimum Gasteiger partial charge on any atom is -0.383 e. The minimum absolute atomic E-state index is 0.0996. The van der Waals surface area contributed by atoms with Crippen LogP contribution >= 0.6 is 0 Å². The molecule has 0 amide bonds. The Morgan fingerprint density at radius 1 is 0.935 bits per heavy atom. The van der Waals surface area contributed by atoms with Gasteiger partial charge in [0.2, 0.25) is 0 Å². The molecule has 10 nitrogen and oxygen atoms in total. The zero-order valence-electron chi connectivity index (χ0n) is 25.1. The number of aromatic nitrogens is 5. The fourth-order valence-corrected chi connectivity index (χ4v) is 5.52. The second kappa shape index (κ2) is 11.0. The lowest BCUT2D eigenvalue weighted by Gasteiger charge is -2.23. The van der Waals surface area contributed by atoms with E-state index in [2.05, 4.69) is 49.1 Å². The van der Waals surface area contributed by atoms with Crippen molar-refractivity contribution in [3.05, 3.63) is 83.1 Å². The molecule has 0 saturated heterocycles. The number of nitrogens with one attached hydrogen (secondary N) is 2. The number of halogens is 3. The lowest BCUT2D eigenvalue weighted by Crippen LogP contribution is -2.35. The van der Waals surface area contributed by atoms with Crippen molar-refractivity contribution in [1.29, 1.82) is 15.8 Å². The highest BCUT2D eigenvalue weighted by atomic mass is 19.4. The van der Waals surface area contributed by atoms with Gasteiger partial charge < -0.3 is 10.6 Å². The average Bonchev–Trinajstić information content (AvgIpc) is 3.72. The third-order valence-corrected chi connectivity index (χ3v) is 8.10. The molecule has 3 aromatic heterocycles. The Kier molecular flexibility index (Phi) is 7.25. The van der Waals surface area contributed by atoms with Gasteiger partial charge in [-0.15, -0.1) is 5.10 Å². The van der Waals surface area contributed by atoms with E-state index in [1.54, 1.807) is 42.7 Å². The van der Waals surface area contributed by atoms with Crippen molar-refractivity contribution >= 4 is 33.1 Å². The van der Waals surface area contributed by atoms with Crippen LogP contribution in [0.1, 0.15) is 67.6 Å². The van der Waals surface area contributed by atoms with Crippen LogP contribution in [0, 0.1) is 39.4 Å². The van der Waals surface area contributed by atoms with Gasteiger partial charge in [-0.1, -0.05) is 32.1 Å². The maximum Gasteiger partial charge on any atom is 0.413 e. The highest BCUT2D eigenvalue weighted by molar-refractivity contribution is 5.99. The quantitative estimate of drug-likeness (QED) is 0.202. The predicted octanol–water partition coefficient (Wildman–Crippen LogP) is 6.70. The van der Waals surface area contributed by atoms with Crippen molar-refractivity contribution < 1.29 is 13.2 Å². The molecule has 1 aliphatic carbocycles. The first kappa shape index (κ1) is 30.3. The fourth-order valence-electron chi connectivity index (χ4n) is 5.52. The number of alkyl halides is 3. The van der Waals surface area contributed by atoms with E-state index in [4.69, 9.17) is 0 Å². The molecule has 46 heavy (non-hydrogen) atoms. The van der Waals surface area contributed by atoms with Crippen LogP contribution in [0.5, 0.6) is 0 Å². The monoisotopic (exact) mass is 620 g/mol. The molecule has 0 spiro atoms. The van der Waals surface area contributed by atoms with E-state index in [1.165, 1.54) is 12.4 Å². The van der Waals surface area contributed by atoms with E-state index in [1.807, 2.05) is 20.8 Å². The van der Waals surface area contributed by atoms with E-state index in [-0.39, 0.29) is 29.5 Å². The maximum atomic E-state index is 14.0. The van der Waals surface area contributed by atoms with Crippen LogP contribution in [-0.2, 0) is 5.54 Å². The first-order chi connectivity index (χ1) is 21.9. The van der Waals surface area contributed by atoms with E-state index < -0.39 is 17.8 Å². The molecule has 0 radical (unpaired) electrons. The zero-order valence-corrected chi connectivity index (χ0v) is 25.1. The number of pyridine rings is 2. The molecule has 13 heteroatoms.